The Kier molecular flexibility index (Phi) is 3.16. The molecule has 2 aromatic rings. The van der Waals surface area contributed by atoms with Crippen LogP contribution in [0.25, 0.3) is 0 Å². The Morgan fingerprint density at radius 1 is 1.25 bits per heavy atom. The van der Waals surface area contributed by atoms with Crippen LogP contribution in [0.1, 0.15) is 23.9 Å². The van der Waals surface area contributed by atoms with E-state index in [9.17, 15) is 0 Å². The molecule has 2 rings (SSSR count). The Morgan fingerprint density at radius 3 is 2.62 bits per heavy atom. The molecule has 0 aliphatic rings. The van der Waals surface area contributed by atoms with Crippen LogP contribution in [-0.2, 0) is 6.42 Å². The van der Waals surface area contributed by atoms with E-state index >= 15 is 0 Å². The molecule has 0 bridgehead atoms. The topological polar surface area (TPSA) is 93.6 Å². The van der Waals surface area contributed by atoms with E-state index in [1.165, 1.54) is 5.56 Å². The third-order valence-electron chi connectivity index (χ3n) is 2.46. The zero-order valence-electron chi connectivity index (χ0n) is 8.93. The zero-order valence-corrected chi connectivity index (χ0v) is 8.93. The molecule has 0 unspecified atom stereocenters. The first kappa shape index (κ1) is 10.6. The van der Waals surface area contributed by atoms with Crippen molar-refractivity contribution in [1.29, 1.82) is 0 Å². The molecule has 1 aromatic carbocycles. The maximum atomic E-state index is 5.97. The van der Waals surface area contributed by atoms with Crippen molar-refractivity contribution in [2.45, 2.75) is 18.9 Å². The number of nitrogen functional groups attached to an aromatic ring is 1. The van der Waals surface area contributed by atoms with Crippen LogP contribution in [0.15, 0.2) is 30.3 Å². The van der Waals surface area contributed by atoms with Gasteiger partial charge in [-0.15, -0.1) is 5.10 Å². The molecule has 1 heterocycles. The van der Waals surface area contributed by atoms with Crippen LogP contribution in [0.5, 0.6) is 0 Å². The summed E-state index contributed by atoms with van der Waals surface area (Å²) in [6, 6.07) is 10.1. The third kappa shape index (κ3) is 2.58. The first-order valence-corrected chi connectivity index (χ1v) is 5.23. The van der Waals surface area contributed by atoms with Crippen LogP contribution in [0.4, 0.5) is 5.95 Å². The van der Waals surface area contributed by atoms with E-state index in [0.29, 0.717) is 5.82 Å². The van der Waals surface area contributed by atoms with Gasteiger partial charge in [-0.05, 0) is 18.4 Å². The molecule has 5 N–H and O–H groups in total. The number of nitrogens with two attached hydrogens (primary N) is 2. The summed E-state index contributed by atoms with van der Waals surface area (Å²) in [5.41, 5.74) is 12.7. The molecular weight excluding hydrogens is 202 g/mol. The van der Waals surface area contributed by atoms with Gasteiger partial charge in [0, 0.05) is 0 Å². The first-order valence-electron chi connectivity index (χ1n) is 5.23. The van der Waals surface area contributed by atoms with Crippen molar-refractivity contribution in [1.82, 2.24) is 15.2 Å². The quantitative estimate of drug-likeness (QED) is 0.712. The minimum absolute atomic E-state index is 0.148. The number of H-pyrrole nitrogens is 1. The maximum Gasteiger partial charge on any atom is 0.239 e. The molecule has 0 aliphatic carbocycles. The van der Waals surface area contributed by atoms with Crippen LogP contribution in [0, 0.1) is 0 Å². The summed E-state index contributed by atoms with van der Waals surface area (Å²) < 4.78 is 0. The van der Waals surface area contributed by atoms with Gasteiger partial charge in [-0.1, -0.05) is 30.3 Å². The Balaban J connectivity index is 1.91. The third-order valence-corrected chi connectivity index (χ3v) is 2.46. The van der Waals surface area contributed by atoms with Gasteiger partial charge in [0.2, 0.25) is 5.95 Å². The van der Waals surface area contributed by atoms with Crippen LogP contribution >= 0.6 is 0 Å². The zero-order chi connectivity index (χ0) is 11.4. The lowest BCUT2D eigenvalue weighted by atomic mass is 10.1. The number of aromatic nitrogens is 3. The Morgan fingerprint density at radius 2 is 2.00 bits per heavy atom. The summed E-state index contributed by atoms with van der Waals surface area (Å²) in [7, 11) is 0. The summed E-state index contributed by atoms with van der Waals surface area (Å²) in [5.74, 6) is 0.888. The van der Waals surface area contributed by atoms with Crippen molar-refractivity contribution in [2.75, 3.05) is 5.73 Å². The largest absolute Gasteiger partial charge is 0.367 e. The molecule has 1 aromatic heterocycles. The maximum absolute atomic E-state index is 5.97. The van der Waals surface area contributed by atoms with Crippen LogP contribution in [0.3, 0.4) is 0 Å². The Bertz CT molecular complexity index is 437. The standard InChI is InChI=1S/C11H15N5/c12-9(10-14-11(13)16-15-10)7-6-8-4-2-1-3-5-8/h1-5,9H,6-7,12H2,(H3,13,14,15,16)/t9-/m0/s1. The molecule has 0 saturated heterocycles. The molecular formula is C11H15N5. The summed E-state index contributed by atoms with van der Waals surface area (Å²) in [4.78, 5) is 4.01. The number of aryl methyl sites for hydroxylation is 1. The number of hydrogen-bond donors (Lipinski definition) is 3. The van der Waals surface area contributed by atoms with Crippen molar-refractivity contribution in [3.8, 4) is 0 Å². The number of benzene rings is 1. The first-order chi connectivity index (χ1) is 7.75. The van der Waals surface area contributed by atoms with Crippen molar-refractivity contribution in [3.63, 3.8) is 0 Å². The highest BCUT2D eigenvalue weighted by molar-refractivity contribution is 5.16. The van der Waals surface area contributed by atoms with Gasteiger partial charge in [0.1, 0.15) is 5.82 Å². The molecule has 0 amide bonds. The van der Waals surface area contributed by atoms with Gasteiger partial charge < -0.3 is 11.5 Å². The highest BCUT2D eigenvalue weighted by atomic mass is 15.3. The fraction of sp³-hybridized carbons (Fsp3) is 0.273. The van der Waals surface area contributed by atoms with Crippen LogP contribution in [0.2, 0.25) is 0 Å². The molecule has 1 atom stereocenters. The molecule has 0 radical (unpaired) electrons. The molecule has 0 aliphatic heterocycles. The Labute approximate surface area is 93.9 Å². The van der Waals surface area contributed by atoms with Crippen LogP contribution < -0.4 is 11.5 Å². The molecule has 5 nitrogen and oxygen atoms in total. The lowest BCUT2D eigenvalue weighted by molar-refractivity contribution is 0.615. The van der Waals surface area contributed by atoms with Crippen molar-refractivity contribution >= 4 is 5.95 Å². The number of nitrogens with one attached hydrogen (secondary N) is 1. The smallest absolute Gasteiger partial charge is 0.239 e. The monoisotopic (exact) mass is 217 g/mol. The summed E-state index contributed by atoms with van der Waals surface area (Å²) in [5, 5.41) is 6.48. The minimum atomic E-state index is -0.148. The van der Waals surface area contributed by atoms with Gasteiger partial charge in [-0.25, -0.2) is 0 Å². The van der Waals surface area contributed by atoms with Gasteiger partial charge in [0.25, 0.3) is 0 Å². The van der Waals surface area contributed by atoms with Gasteiger partial charge in [0.05, 0.1) is 6.04 Å². The van der Waals surface area contributed by atoms with E-state index < -0.39 is 0 Å². The van der Waals surface area contributed by atoms with E-state index in [1.807, 2.05) is 18.2 Å². The normalized spacial score (nSPS) is 12.6. The molecule has 0 fully saturated rings. The second-order valence-corrected chi connectivity index (χ2v) is 3.71. The number of rotatable bonds is 4. The van der Waals surface area contributed by atoms with Gasteiger partial charge in [0.15, 0.2) is 0 Å². The molecule has 0 spiro atoms. The van der Waals surface area contributed by atoms with Gasteiger partial charge in [-0.2, -0.15) is 4.98 Å². The van der Waals surface area contributed by atoms with E-state index in [2.05, 4.69) is 27.3 Å². The van der Waals surface area contributed by atoms with E-state index in [-0.39, 0.29) is 12.0 Å². The highest BCUT2D eigenvalue weighted by Crippen LogP contribution is 2.13. The Hall–Kier alpha value is -1.88. The van der Waals surface area contributed by atoms with Gasteiger partial charge in [-0.3, -0.25) is 5.10 Å². The number of hydrogen-bond acceptors (Lipinski definition) is 4. The highest BCUT2D eigenvalue weighted by Gasteiger charge is 2.10. The SMILES string of the molecule is Nc1n[nH]c([C@@H](N)CCc2ccccc2)n1. The summed E-state index contributed by atoms with van der Waals surface area (Å²) in [6.07, 6.45) is 1.74. The molecule has 84 valence electrons. The van der Waals surface area contributed by atoms with Crippen molar-refractivity contribution in [2.24, 2.45) is 5.73 Å². The van der Waals surface area contributed by atoms with E-state index in [1.54, 1.807) is 0 Å². The van der Waals surface area contributed by atoms with Gasteiger partial charge >= 0.3 is 0 Å². The predicted octanol–water partition coefficient (Wildman–Crippen LogP) is 1.02. The molecule has 0 saturated carbocycles. The number of aromatic amines is 1. The predicted molar refractivity (Wildman–Crippen MR) is 62.5 cm³/mol. The average molecular weight is 217 g/mol. The van der Waals surface area contributed by atoms with E-state index in [0.717, 1.165) is 12.8 Å². The summed E-state index contributed by atoms with van der Waals surface area (Å²) >= 11 is 0. The second kappa shape index (κ2) is 4.76. The number of anilines is 1. The fourth-order valence-corrected chi connectivity index (χ4v) is 1.56. The number of nitrogens with zero attached hydrogens (tertiary/aromatic N) is 2. The average Bonchev–Trinajstić information content (AvgIpc) is 2.74. The lowest BCUT2D eigenvalue weighted by Gasteiger charge is -2.07. The minimum Gasteiger partial charge on any atom is -0.367 e. The van der Waals surface area contributed by atoms with E-state index in [4.69, 9.17) is 11.5 Å². The molecule has 5 heteroatoms. The lowest BCUT2D eigenvalue weighted by Crippen LogP contribution is -2.13. The van der Waals surface area contributed by atoms with Crippen molar-refractivity contribution in [3.05, 3.63) is 41.7 Å². The van der Waals surface area contributed by atoms with Crippen LogP contribution in [-0.4, -0.2) is 15.2 Å². The second-order valence-electron chi connectivity index (χ2n) is 3.71. The fourth-order valence-electron chi connectivity index (χ4n) is 1.56. The molecule has 16 heavy (non-hydrogen) atoms. The summed E-state index contributed by atoms with van der Waals surface area (Å²) in [6.45, 7) is 0. The van der Waals surface area contributed by atoms with Crippen molar-refractivity contribution < 1.29 is 0 Å².